The molecule has 5 aromatic carbocycles. The fraction of sp³-hybridized carbons (Fsp3) is 0. The van der Waals surface area contributed by atoms with Gasteiger partial charge in [0.2, 0.25) is 0 Å². The maximum atomic E-state index is 4.85. The van der Waals surface area contributed by atoms with Crippen LogP contribution < -0.4 is 0 Å². The number of hydrogen-bond donors (Lipinski definition) is 0. The molecule has 186 valence electrons. The Kier molecular flexibility index (Phi) is 5.17. The maximum Gasteiger partial charge on any atom is 0.0893 e. The molecule has 7 aromatic rings. The topological polar surface area (TPSA) is 25.8 Å². The second-order valence-electron chi connectivity index (χ2n) is 10.2. The number of pyridine rings is 2. The Morgan fingerprint density at radius 1 is 0.325 bits per heavy atom. The summed E-state index contributed by atoms with van der Waals surface area (Å²) in [4.78, 5) is 9.29. The third kappa shape index (κ3) is 3.65. The number of nitrogens with zero attached hydrogens (tertiary/aromatic N) is 2. The summed E-state index contributed by atoms with van der Waals surface area (Å²) in [5.74, 6) is 0. The second kappa shape index (κ2) is 9.14. The van der Waals surface area contributed by atoms with Crippen LogP contribution in [-0.4, -0.2) is 9.97 Å². The number of benzene rings is 5. The lowest BCUT2D eigenvalue weighted by atomic mass is 9.93. The van der Waals surface area contributed by atoms with Gasteiger partial charge in [0.1, 0.15) is 0 Å². The standard InChI is InChI=1S/C38H24N2/c1-2-8-31-30(7-1)33-10-5-9-32-29(22-23-34(31)38(32)33)27-18-14-25(15-19-27)26-16-20-28(21-17-26)35-12-6-13-37(40-35)36-11-3-4-24-39-36/h1-24H. The predicted molar refractivity (Wildman–Crippen MR) is 166 cm³/mol. The van der Waals surface area contributed by atoms with Crippen molar-refractivity contribution in [2.24, 2.45) is 0 Å². The van der Waals surface area contributed by atoms with Gasteiger partial charge in [0.05, 0.1) is 17.1 Å². The molecule has 0 amide bonds. The van der Waals surface area contributed by atoms with E-state index in [9.17, 15) is 0 Å². The quantitative estimate of drug-likeness (QED) is 0.236. The summed E-state index contributed by atoms with van der Waals surface area (Å²) in [5, 5.41) is 2.67. The van der Waals surface area contributed by atoms with E-state index < -0.39 is 0 Å². The summed E-state index contributed by atoms with van der Waals surface area (Å²) in [6.07, 6.45) is 1.80. The molecule has 0 bridgehead atoms. The Labute approximate surface area is 233 Å². The van der Waals surface area contributed by atoms with Gasteiger partial charge in [0.25, 0.3) is 0 Å². The van der Waals surface area contributed by atoms with Crippen LogP contribution in [0, 0.1) is 0 Å². The highest BCUT2D eigenvalue weighted by molar-refractivity contribution is 6.18. The van der Waals surface area contributed by atoms with Crippen molar-refractivity contribution in [3.8, 4) is 67.2 Å². The van der Waals surface area contributed by atoms with Gasteiger partial charge in [-0.15, -0.1) is 0 Å². The molecule has 1 aliphatic carbocycles. The Hall–Kier alpha value is -5.34. The van der Waals surface area contributed by atoms with Crippen molar-refractivity contribution in [1.82, 2.24) is 9.97 Å². The largest absolute Gasteiger partial charge is 0.255 e. The summed E-state index contributed by atoms with van der Waals surface area (Å²) >= 11 is 0. The van der Waals surface area contributed by atoms with E-state index in [1.807, 2.05) is 36.4 Å². The fourth-order valence-corrected chi connectivity index (χ4v) is 5.99. The van der Waals surface area contributed by atoms with Crippen LogP contribution in [0.2, 0.25) is 0 Å². The Morgan fingerprint density at radius 2 is 0.875 bits per heavy atom. The molecule has 0 fully saturated rings. The summed E-state index contributed by atoms with van der Waals surface area (Å²) in [5.41, 5.74) is 14.0. The van der Waals surface area contributed by atoms with E-state index in [1.54, 1.807) is 6.20 Å². The molecule has 8 rings (SSSR count). The van der Waals surface area contributed by atoms with E-state index >= 15 is 0 Å². The molecular formula is C38H24N2. The Morgan fingerprint density at radius 3 is 1.60 bits per heavy atom. The van der Waals surface area contributed by atoms with Gasteiger partial charge in [-0.25, -0.2) is 4.98 Å². The van der Waals surface area contributed by atoms with E-state index in [2.05, 4.69) is 108 Å². The molecule has 0 N–H and O–H groups in total. The van der Waals surface area contributed by atoms with Gasteiger partial charge in [-0.05, 0) is 79.5 Å². The molecule has 0 radical (unpaired) electrons. The number of hydrogen-bond acceptors (Lipinski definition) is 2. The molecule has 2 heterocycles. The van der Waals surface area contributed by atoms with Gasteiger partial charge in [0, 0.05) is 11.8 Å². The van der Waals surface area contributed by atoms with Crippen LogP contribution in [0.25, 0.3) is 77.9 Å². The summed E-state index contributed by atoms with van der Waals surface area (Å²) < 4.78 is 0. The smallest absolute Gasteiger partial charge is 0.0893 e. The minimum atomic E-state index is 0.879. The van der Waals surface area contributed by atoms with Crippen LogP contribution >= 0.6 is 0 Å². The molecule has 2 aromatic heterocycles. The Balaban J connectivity index is 1.10. The van der Waals surface area contributed by atoms with Gasteiger partial charge in [-0.1, -0.05) is 115 Å². The molecule has 0 spiro atoms. The van der Waals surface area contributed by atoms with E-state index in [4.69, 9.17) is 4.98 Å². The lowest BCUT2D eigenvalue weighted by Gasteiger charge is -2.11. The highest BCUT2D eigenvalue weighted by Gasteiger charge is 2.22. The molecule has 0 saturated carbocycles. The highest BCUT2D eigenvalue weighted by Crippen LogP contribution is 2.49. The fourth-order valence-electron chi connectivity index (χ4n) is 5.99. The highest BCUT2D eigenvalue weighted by atomic mass is 14.8. The first kappa shape index (κ1) is 22.6. The molecule has 1 aliphatic rings. The van der Waals surface area contributed by atoms with Gasteiger partial charge in [-0.2, -0.15) is 0 Å². The SMILES string of the molecule is c1ccc(-c2cccc(-c3ccc(-c4ccc(-c5ccc6c7c(cccc57)-c5ccccc5-6)cc4)cc3)n2)nc1. The van der Waals surface area contributed by atoms with E-state index in [1.165, 1.54) is 55.3 Å². The van der Waals surface area contributed by atoms with Gasteiger partial charge in [-0.3, -0.25) is 4.98 Å². The van der Waals surface area contributed by atoms with E-state index in [0.29, 0.717) is 0 Å². The average molecular weight is 509 g/mol. The molecule has 0 unspecified atom stereocenters. The minimum absolute atomic E-state index is 0.879. The first-order valence-electron chi connectivity index (χ1n) is 13.6. The van der Waals surface area contributed by atoms with Crippen molar-refractivity contribution >= 4 is 10.8 Å². The van der Waals surface area contributed by atoms with Gasteiger partial charge < -0.3 is 0 Å². The predicted octanol–water partition coefficient (Wildman–Crippen LogP) is 9.95. The third-order valence-electron chi connectivity index (χ3n) is 7.93. The maximum absolute atomic E-state index is 4.85. The average Bonchev–Trinajstić information content (AvgIpc) is 3.37. The van der Waals surface area contributed by atoms with E-state index in [0.717, 1.165) is 22.6 Å². The van der Waals surface area contributed by atoms with Crippen LogP contribution in [0.4, 0.5) is 0 Å². The molecular weight excluding hydrogens is 484 g/mol. The minimum Gasteiger partial charge on any atom is -0.255 e. The third-order valence-corrected chi connectivity index (χ3v) is 7.93. The van der Waals surface area contributed by atoms with Gasteiger partial charge in [0.15, 0.2) is 0 Å². The van der Waals surface area contributed by atoms with Crippen molar-refractivity contribution in [2.75, 3.05) is 0 Å². The van der Waals surface area contributed by atoms with E-state index in [-0.39, 0.29) is 0 Å². The summed E-state index contributed by atoms with van der Waals surface area (Å²) in [6, 6.07) is 49.6. The van der Waals surface area contributed by atoms with Crippen LogP contribution in [0.1, 0.15) is 0 Å². The van der Waals surface area contributed by atoms with Crippen molar-refractivity contribution in [3.05, 3.63) is 146 Å². The molecule has 0 aliphatic heterocycles. The first-order valence-corrected chi connectivity index (χ1v) is 13.6. The molecule has 2 nitrogen and oxygen atoms in total. The van der Waals surface area contributed by atoms with Crippen molar-refractivity contribution in [1.29, 1.82) is 0 Å². The molecule has 0 saturated heterocycles. The number of rotatable bonds is 4. The zero-order valence-electron chi connectivity index (χ0n) is 21.8. The van der Waals surface area contributed by atoms with Gasteiger partial charge >= 0.3 is 0 Å². The van der Waals surface area contributed by atoms with Crippen LogP contribution in [-0.2, 0) is 0 Å². The summed E-state index contributed by atoms with van der Waals surface area (Å²) in [6.45, 7) is 0. The van der Waals surface area contributed by atoms with Crippen LogP contribution in [0.3, 0.4) is 0 Å². The first-order chi connectivity index (χ1) is 19.8. The summed E-state index contributed by atoms with van der Waals surface area (Å²) in [7, 11) is 0. The lowest BCUT2D eigenvalue weighted by molar-refractivity contribution is 1.25. The van der Waals surface area contributed by atoms with Crippen LogP contribution in [0.5, 0.6) is 0 Å². The van der Waals surface area contributed by atoms with Crippen molar-refractivity contribution < 1.29 is 0 Å². The zero-order valence-corrected chi connectivity index (χ0v) is 21.8. The monoisotopic (exact) mass is 508 g/mol. The number of aromatic nitrogens is 2. The lowest BCUT2D eigenvalue weighted by Crippen LogP contribution is -1.89. The van der Waals surface area contributed by atoms with Crippen LogP contribution in [0.15, 0.2) is 146 Å². The molecule has 0 atom stereocenters. The molecule has 40 heavy (non-hydrogen) atoms. The van der Waals surface area contributed by atoms with Crippen molar-refractivity contribution in [3.63, 3.8) is 0 Å². The Bertz CT molecular complexity index is 1990. The normalized spacial score (nSPS) is 11.5. The second-order valence-corrected chi connectivity index (χ2v) is 10.2. The molecule has 2 heteroatoms. The number of fused-ring (bicyclic) bond motifs is 3. The van der Waals surface area contributed by atoms with Crippen molar-refractivity contribution in [2.45, 2.75) is 0 Å². The zero-order chi connectivity index (χ0) is 26.5.